The van der Waals surface area contributed by atoms with Gasteiger partial charge in [-0.2, -0.15) is 5.10 Å². The molecule has 7 heteroatoms. The van der Waals surface area contributed by atoms with E-state index in [4.69, 9.17) is 13.9 Å². The fourth-order valence-corrected chi connectivity index (χ4v) is 2.41. The van der Waals surface area contributed by atoms with Crippen LogP contribution in [0.2, 0.25) is 0 Å². The molecule has 0 unspecified atom stereocenters. The number of nitrogens with zero attached hydrogens (tertiary/aromatic N) is 1. The summed E-state index contributed by atoms with van der Waals surface area (Å²) in [5.41, 5.74) is 5.22. The van der Waals surface area contributed by atoms with Gasteiger partial charge in [0, 0.05) is 0 Å². The predicted octanol–water partition coefficient (Wildman–Crippen LogP) is 3.64. The number of hydrazone groups is 1. The van der Waals surface area contributed by atoms with E-state index in [1.54, 1.807) is 30.3 Å². The Morgan fingerprint density at radius 2 is 1.86 bits per heavy atom. The van der Waals surface area contributed by atoms with Crippen molar-refractivity contribution in [1.82, 2.24) is 5.43 Å². The highest BCUT2D eigenvalue weighted by molar-refractivity contribution is 5.88. The highest BCUT2D eigenvalue weighted by atomic mass is 16.5. The summed E-state index contributed by atoms with van der Waals surface area (Å²) >= 11 is 0. The summed E-state index contributed by atoms with van der Waals surface area (Å²) in [6.07, 6.45) is 2.88. The van der Waals surface area contributed by atoms with E-state index in [0.717, 1.165) is 16.7 Å². The molecule has 3 aromatic rings. The summed E-state index contributed by atoms with van der Waals surface area (Å²) in [4.78, 5) is 23.7. The maximum absolute atomic E-state index is 11.9. The van der Waals surface area contributed by atoms with Crippen molar-refractivity contribution in [2.24, 2.45) is 5.10 Å². The molecule has 0 fully saturated rings. The molecule has 0 saturated carbocycles. The molecule has 0 aliphatic carbocycles. The zero-order chi connectivity index (χ0) is 20.6. The quantitative estimate of drug-likeness (QED) is 0.287. The third kappa shape index (κ3) is 5.55. The Balaban J connectivity index is 1.46. The van der Waals surface area contributed by atoms with E-state index >= 15 is 0 Å². The fourth-order valence-electron chi connectivity index (χ4n) is 2.41. The molecule has 1 amide bonds. The summed E-state index contributed by atoms with van der Waals surface area (Å²) < 4.78 is 15.7. The third-order valence-electron chi connectivity index (χ3n) is 4.13. The van der Waals surface area contributed by atoms with Crippen molar-refractivity contribution >= 4 is 18.1 Å². The van der Waals surface area contributed by atoms with E-state index in [0.29, 0.717) is 11.5 Å². The smallest absolute Gasteiger partial charge is 0.379 e. The van der Waals surface area contributed by atoms with Crippen molar-refractivity contribution in [3.8, 4) is 11.5 Å². The number of carbonyl (C=O) groups is 2. The second-order valence-corrected chi connectivity index (χ2v) is 6.22. The summed E-state index contributed by atoms with van der Waals surface area (Å²) in [7, 11) is 0. The van der Waals surface area contributed by atoms with Gasteiger partial charge in [0.2, 0.25) is 5.76 Å². The van der Waals surface area contributed by atoms with Gasteiger partial charge >= 0.3 is 5.97 Å². The largest absolute Gasteiger partial charge is 0.483 e. The molecule has 1 aromatic heterocycles. The third-order valence-corrected chi connectivity index (χ3v) is 4.13. The molecule has 0 saturated heterocycles. The number of hydrogen-bond donors (Lipinski definition) is 1. The lowest BCUT2D eigenvalue weighted by Crippen LogP contribution is -2.24. The van der Waals surface area contributed by atoms with Crippen molar-refractivity contribution < 1.29 is 23.5 Å². The molecule has 148 valence electrons. The van der Waals surface area contributed by atoms with Gasteiger partial charge in [0.15, 0.2) is 6.61 Å². The van der Waals surface area contributed by atoms with Gasteiger partial charge in [-0.1, -0.05) is 12.1 Å². The van der Waals surface area contributed by atoms with E-state index in [1.165, 1.54) is 18.5 Å². The van der Waals surface area contributed by atoms with E-state index in [9.17, 15) is 9.59 Å². The molecule has 7 nitrogen and oxygen atoms in total. The minimum Gasteiger partial charge on any atom is -0.483 e. The topological polar surface area (TPSA) is 90.1 Å². The SMILES string of the molecule is Cc1cccc(OCC(=O)N/N=C/c2ccc(OC(=O)c3ccco3)cc2)c1C. The highest BCUT2D eigenvalue weighted by Crippen LogP contribution is 2.20. The minimum atomic E-state index is -0.576. The van der Waals surface area contributed by atoms with Gasteiger partial charge in [0.25, 0.3) is 5.91 Å². The molecule has 29 heavy (non-hydrogen) atoms. The summed E-state index contributed by atoms with van der Waals surface area (Å²) in [5, 5.41) is 3.90. The van der Waals surface area contributed by atoms with E-state index < -0.39 is 5.97 Å². The molecule has 2 aromatic carbocycles. The van der Waals surface area contributed by atoms with Crippen molar-refractivity contribution in [2.45, 2.75) is 13.8 Å². The number of rotatable bonds is 7. The predicted molar refractivity (Wildman–Crippen MR) is 107 cm³/mol. The van der Waals surface area contributed by atoms with Crippen LogP contribution in [-0.2, 0) is 4.79 Å². The van der Waals surface area contributed by atoms with Crippen LogP contribution in [0.3, 0.4) is 0 Å². The van der Waals surface area contributed by atoms with Gasteiger partial charge in [0.05, 0.1) is 12.5 Å². The first kappa shape index (κ1) is 19.9. The average Bonchev–Trinajstić information content (AvgIpc) is 3.25. The summed E-state index contributed by atoms with van der Waals surface area (Å²) in [6, 6.07) is 15.5. The van der Waals surface area contributed by atoms with Crippen molar-refractivity contribution in [3.05, 3.63) is 83.3 Å². The number of aryl methyl sites for hydroxylation is 1. The molecule has 0 bridgehead atoms. The number of carbonyl (C=O) groups excluding carboxylic acids is 2. The van der Waals surface area contributed by atoms with E-state index in [1.807, 2.05) is 32.0 Å². The first-order valence-corrected chi connectivity index (χ1v) is 8.89. The molecule has 1 N–H and O–H groups in total. The van der Waals surface area contributed by atoms with Crippen LogP contribution in [0.5, 0.6) is 11.5 Å². The average molecular weight is 392 g/mol. The Kier molecular flexibility index (Phi) is 6.42. The maximum atomic E-state index is 11.9. The van der Waals surface area contributed by atoms with Crippen LogP contribution in [-0.4, -0.2) is 24.7 Å². The standard InChI is InChI=1S/C22H20N2O5/c1-15-5-3-6-19(16(15)2)28-14-21(25)24-23-13-17-8-10-18(11-9-17)29-22(26)20-7-4-12-27-20/h3-13H,14H2,1-2H3,(H,24,25)/b23-13+. The summed E-state index contributed by atoms with van der Waals surface area (Å²) in [5.74, 6) is 0.221. The molecule has 0 radical (unpaired) electrons. The highest BCUT2D eigenvalue weighted by Gasteiger charge is 2.11. The van der Waals surface area contributed by atoms with Crippen molar-refractivity contribution in [1.29, 1.82) is 0 Å². The van der Waals surface area contributed by atoms with Crippen LogP contribution in [0.25, 0.3) is 0 Å². The van der Waals surface area contributed by atoms with Gasteiger partial charge in [-0.15, -0.1) is 0 Å². The number of amides is 1. The van der Waals surface area contributed by atoms with Crippen LogP contribution in [0.15, 0.2) is 70.4 Å². The lowest BCUT2D eigenvalue weighted by molar-refractivity contribution is -0.123. The van der Waals surface area contributed by atoms with Crippen LogP contribution < -0.4 is 14.9 Å². The van der Waals surface area contributed by atoms with Gasteiger partial charge in [-0.05, 0) is 73.0 Å². The second-order valence-electron chi connectivity index (χ2n) is 6.22. The maximum Gasteiger partial charge on any atom is 0.379 e. The number of furan rings is 1. The first-order chi connectivity index (χ1) is 14.0. The summed E-state index contributed by atoms with van der Waals surface area (Å²) in [6.45, 7) is 3.79. The van der Waals surface area contributed by atoms with Gasteiger partial charge in [-0.3, -0.25) is 4.79 Å². The normalized spacial score (nSPS) is 10.7. The fraction of sp³-hybridized carbons (Fsp3) is 0.136. The monoisotopic (exact) mass is 392 g/mol. The lowest BCUT2D eigenvalue weighted by Gasteiger charge is -2.09. The van der Waals surface area contributed by atoms with E-state index in [-0.39, 0.29) is 18.3 Å². The van der Waals surface area contributed by atoms with Crippen molar-refractivity contribution in [2.75, 3.05) is 6.61 Å². The molecule has 1 heterocycles. The molecular formula is C22H20N2O5. The van der Waals surface area contributed by atoms with Gasteiger partial charge in [-0.25, -0.2) is 10.2 Å². The number of hydrogen-bond acceptors (Lipinski definition) is 6. The van der Waals surface area contributed by atoms with Crippen LogP contribution in [0.1, 0.15) is 27.2 Å². The molecule has 0 aliphatic rings. The van der Waals surface area contributed by atoms with Crippen LogP contribution in [0, 0.1) is 13.8 Å². The Morgan fingerprint density at radius 1 is 1.07 bits per heavy atom. The first-order valence-electron chi connectivity index (χ1n) is 8.89. The minimum absolute atomic E-state index is 0.126. The zero-order valence-corrected chi connectivity index (χ0v) is 16.0. The zero-order valence-electron chi connectivity index (χ0n) is 16.0. The van der Waals surface area contributed by atoms with Crippen LogP contribution >= 0.6 is 0 Å². The molecule has 0 spiro atoms. The molecule has 0 aliphatic heterocycles. The van der Waals surface area contributed by atoms with Crippen LogP contribution in [0.4, 0.5) is 0 Å². The molecule has 0 atom stereocenters. The Labute approximate surface area is 167 Å². The molecular weight excluding hydrogens is 372 g/mol. The van der Waals surface area contributed by atoms with Crippen molar-refractivity contribution in [3.63, 3.8) is 0 Å². The van der Waals surface area contributed by atoms with Gasteiger partial charge < -0.3 is 13.9 Å². The second kappa shape index (κ2) is 9.36. The number of nitrogens with one attached hydrogen (secondary N) is 1. The lowest BCUT2D eigenvalue weighted by atomic mass is 10.1. The number of ether oxygens (including phenoxy) is 2. The van der Waals surface area contributed by atoms with Gasteiger partial charge in [0.1, 0.15) is 11.5 Å². The number of benzene rings is 2. The Morgan fingerprint density at radius 3 is 2.59 bits per heavy atom. The Bertz CT molecular complexity index is 1010. The van der Waals surface area contributed by atoms with E-state index in [2.05, 4.69) is 10.5 Å². The Hall–Kier alpha value is -3.87. The molecule has 3 rings (SSSR count). The number of esters is 1.